The van der Waals surface area contributed by atoms with Gasteiger partial charge in [-0.2, -0.15) is 0 Å². The van der Waals surface area contributed by atoms with Crippen molar-refractivity contribution in [3.63, 3.8) is 0 Å². The van der Waals surface area contributed by atoms with Crippen LogP contribution in [0.25, 0.3) is 0 Å². The number of rotatable bonds is 2. The fraction of sp³-hybridized carbons (Fsp3) is 0.364. The Morgan fingerprint density at radius 3 is 2.67 bits per heavy atom. The van der Waals surface area contributed by atoms with Gasteiger partial charge in [0.25, 0.3) is 0 Å². The van der Waals surface area contributed by atoms with Crippen LogP contribution < -0.4 is 0 Å². The van der Waals surface area contributed by atoms with Crippen molar-refractivity contribution in [2.75, 3.05) is 13.2 Å². The van der Waals surface area contributed by atoms with Crippen molar-refractivity contribution < 1.29 is 9.84 Å². The number of hydrogen-bond acceptors (Lipinski definition) is 3. The molecule has 0 fully saturated rings. The Balaban J connectivity index is 2.26. The molecule has 1 aromatic carbocycles. The number of hydrogen-bond donors (Lipinski definition) is 1. The van der Waals surface area contributed by atoms with Crippen LogP contribution in [0.5, 0.6) is 0 Å². The molecule has 15 heavy (non-hydrogen) atoms. The molecule has 1 aliphatic rings. The van der Waals surface area contributed by atoms with Crippen LogP contribution >= 0.6 is 11.6 Å². The number of aliphatic hydroxyl groups is 1. The van der Waals surface area contributed by atoms with E-state index < -0.39 is 5.54 Å². The van der Waals surface area contributed by atoms with E-state index in [0.29, 0.717) is 17.5 Å². The summed E-state index contributed by atoms with van der Waals surface area (Å²) in [6.45, 7) is 2.27. The summed E-state index contributed by atoms with van der Waals surface area (Å²) in [7, 11) is 0. The third-order valence-corrected chi connectivity index (χ3v) is 2.58. The van der Waals surface area contributed by atoms with Crippen LogP contribution in [0.3, 0.4) is 0 Å². The van der Waals surface area contributed by atoms with Crippen LogP contribution in [-0.2, 0) is 4.74 Å². The zero-order chi connectivity index (χ0) is 10.9. The Bertz CT molecular complexity index is 388. The Labute approximate surface area is 93.4 Å². The molecule has 0 saturated heterocycles. The highest BCUT2D eigenvalue weighted by Gasteiger charge is 2.31. The predicted octanol–water partition coefficient (Wildman–Crippen LogP) is 1.87. The van der Waals surface area contributed by atoms with Crippen LogP contribution in [0.15, 0.2) is 29.3 Å². The number of ether oxygens (including phenoxy) is 1. The minimum atomic E-state index is -0.505. The summed E-state index contributed by atoms with van der Waals surface area (Å²) in [6, 6.07) is 7.28. The van der Waals surface area contributed by atoms with Gasteiger partial charge in [0.15, 0.2) is 0 Å². The lowest BCUT2D eigenvalue weighted by Gasteiger charge is -2.12. The van der Waals surface area contributed by atoms with Crippen LogP contribution in [0, 0.1) is 0 Å². The van der Waals surface area contributed by atoms with Crippen molar-refractivity contribution >= 4 is 17.5 Å². The van der Waals surface area contributed by atoms with Crippen molar-refractivity contribution in [3.05, 3.63) is 34.9 Å². The first kappa shape index (κ1) is 10.5. The second-order valence-electron chi connectivity index (χ2n) is 3.87. The monoisotopic (exact) mass is 225 g/mol. The molecule has 1 aliphatic heterocycles. The molecule has 0 aromatic heterocycles. The maximum absolute atomic E-state index is 9.13. The Hall–Kier alpha value is -1.06. The summed E-state index contributed by atoms with van der Waals surface area (Å²) in [6.07, 6.45) is 0. The molecule has 0 unspecified atom stereocenters. The van der Waals surface area contributed by atoms with E-state index in [9.17, 15) is 0 Å². The minimum absolute atomic E-state index is 0.00983. The molecule has 1 atom stereocenters. The fourth-order valence-electron chi connectivity index (χ4n) is 1.35. The average molecular weight is 226 g/mol. The molecule has 3 nitrogen and oxygen atoms in total. The summed E-state index contributed by atoms with van der Waals surface area (Å²) in [5.74, 6) is 0.572. The lowest BCUT2D eigenvalue weighted by molar-refractivity contribution is 0.170. The number of benzene rings is 1. The summed E-state index contributed by atoms with van der Waals surface area (Å²) < 4.78 is 5.43. The highest BCUT2D eigenvalue weighted by Crippen LogP contribution is 2.21. The SMILES string of the molecule is C[C@@]1(CO)COC(c2ccc(Cl)cc2)=N1. The van der Waals surface area contributed by atoms with Gasteiger partial charge in [0.2, 0.25) is 5.90 Å². The molecule has 0 radical (unpaired) electrons. The molecule has 1 heterocycles. The van der Waals surface area contributed by atoms with Gasteiger partial charge in [-0.1, -0.05) is 11.6 Å². The molecular weight excluding hydrogens is 214 g/mol. The maximum Gasteiger partial charge on any atom is 0.216 e. The van der Waals surface area contributed by atoms with E-state index in [1.807, 2.05) is 19.1 Å². The Kier molecular flexibility index (Phi) is 2.67. The topological polar surface area (TPSA) is 41.8 Å². The van der Waals surface area contributed by atoms with Crippen molar-refractivity contribution in [1.29, 1.82) is 0 Å². The number of aliphatic hydroxyl groups excluding tert-OH is 1. The first-order valence-corrected chi connectivity index (χ1v) is 5.10. The maximum atomic E-state index is 9.13. The molecular formula is C11H12ClNO2. The van der Waals surface area contributed by atoms with Gasteiger partial charge in [-0.25, -0.2) is 4.99 Å². The van der Waals surface area contributed by atoms with Gasteiger partial charge in [-0.3, -0.25) is 0 Å². The summed E-state index contributed by atoms with van der Waals surface area (Å²) in [5.41, 5.74) is 0.381. The van der Waals surface area contributed by atoms with Gasteiger partial charge < -0.3 is 9.84 Å². The van der Waals surface area contributed by atoms with E-state index in [4.69, 9.17) is 21.4 Å². The molecule has 1 aromatic rings. The molecule has 1 N–H and O–H groups in total. The zero-order valence-electron chi connectivity index (χ0n) is 8.40. The van der Waals surface area contributed by atoms with Crippen LogP contribution in [0.4, 0.5) is 0 Å². The zero-order valence-corrected chi connectivity index (χ0v) is 9.16. The van der Waals surface area contributed by atoms with Crippen LogP contribution in [0.2, 0.25) is 5.02 Å². The molecule has 2 rings (SSSR count). The van der Waals surface area contributed by atoms with Crippen molar-refractivity contribution in [2.45, 2.75) is 12.5 Å². The highest BCUT2D eigenvalue weighted by atomic mass is 35.5. The largest absolute Gasteiger partial charge is 0.475 e. The van der Waals surface area contributed by atoms with Crippen LogP contribution in [-0.4, -0.2) is 29.8 Å². The third-order valence-electron chi connectivity index (χ3n) is 2.32. The Morgan fingerprint density at radius 1 is 1.47 bits per heavy atom. The van der Waals surface area contributed by atoms with Gasteiger partial charge in [0.05, 0.1) is 6.61 Å². The molecule has 0 bridgehead atoms. The lowest BCUT2D eigenvalue weighted by Crippen LogP contribution is -2.28. The van der Waals surface area contributed by atoms with Gasteiger partial charge in [-0.15, -0.1) is 0 Å². The normalized spacial score (nSPS) is 24.9. The van der Waals surface area contributed by atoms with Crippen molar-refractivity contribution in [1.82, 2.24) is 0 Å². The van der Waals surface area contributed by atoms with Gasteiger partial charge in [-0.05, 0) is 31.2 Å². The minimum Gasteiger partial charge on any atom is -0.475 e. The van der Waals surface area contributed by atoms with E-state index in [2.05, 4.69) is 4.99 Å². The van der Waals surface area contributed by atoms with Crippen LogP contribution in [0.1, 0.15) is 12.5 Å². The Morgan fingerprint density at radius 2 is 2.13 bits per heavy atom. The van der Waals surface area contributed by atoms with E-state index in [1.165, 1.54) is 0 Å². The third kappa shape index (κ3) is 2.13. The highest BCUT2D eigenvalue weighted by molar-refractivity contribution is 6.30. The molecule has 0 spiro atoms. The molecule has 4 heteroatoms. The summed E-state index contributed by atoms with van der Waals surface area (Å²) >= 11 is 5.78. The predicted molar refractivity (Wildman–Crippen MR) is 59.4 cm³/mol. The molecule has 0 amide bonds. The molecule has 0 aliphatic carbocycles. The van der Waals surface area contributed by atoms with E-state index in [1.54, 1.807) is 12.1 Å². The first-order valence-electron chi connectivity index (χ1n) is 4.72. The summed E-state index contributed by atoms with van der Waals surface area (Å²) in [4.78, 5) is 4.34. The lowest BCUT2D eigenvalue weighted by atomic mass is 10.1. The first-order chi connectivity index (χ1) is 7.13. The second-order valence-corrected chi connectivity index (χ2v) is 4.30. The smallest absolute Gasteiger partial charge is 0.216 e. The average Bonchev–Trinajstić information content (AvgIpc) is 2.63. The van der Waals surface area contributed by atoms with E-state index >= 15 is 0 Å². The van der Waals surface area contributed by atoms with Gasteiger partial charge >= 0.3 is 0 Å². The van der Waals surface area contributed by atoms with Gasteiger partial charge in [0.1, 0.15) is 12.1 Å². The molecule has 0 saturated carbocycles. The van der Waals surface area contributed by atoms with E-state index in [-0.39, 0.29) is 6.61 Å². The van der Waals surface area contributed by atoms with Gasteiger partial charge in [0, 0.05) is 10.6 Å². The van der Waals surface area contributed by atoms with Crippen molar-refractivity contribution in [2.24, 2.45) is 4.99 Å². The second kappa shape index (κ2) is 3.83. The summed E-state index contributed by atoms with van der Waals surface area (Å²) in [5, 5.41) is 9.81. The van der Waals surface area contributed by atoms with Crippen molar-refractivity contribution in [3.8, 4) is 0 Å². The standard InChI is InChI=1S/C11H12ClNO2/c1-11(6-14)7-15-10(13-11)8-2-4-9(12)5-3-8/h2-5,14H,6-7H2,1H3/t11-/m1/s1. The molecule has 80 valence electrons. The number of halogens is 1. The fourth-order valence-corrected chi connectivity index (χ4v) is 1.48. The number of aliphatic imine (C=N–C) groups is 1. The van der Waals surface area contributed by atoms with E-state index in [0.717, 1.165) is 5.56 Å². The quantitative estimate of drug-likeness (QED) is 0.835. The number of nitrogens with zero attached hydrogens (tertiary/aromatic N) is 1.